The van der Waals surface area contributed by atoms with Gasteiger partial charge in [0.15, 0.2) is 0 Å². The van der Waals surface area contributed by atoms with E-state index < -0.39 is 0 Å². The molecule has 0 aromatic heterocycles. The summed E-state index contributed by atoms with van der Waals surface area (Å²) in [7, 11) is 0. The van der Waals surface area contributed by atoms with Crippen molar-refractivity contribution in [1.29, 1.82) is 0 Å². The van der Waals surface area contributed by atoms with E-state index in [0.717, 1.165) is 24.4 Å². The van der Waals surface area contributed by atoms with Crippen molar-refractivity contribution in [3.05, 3.63) is 29.8 Å². The summed E-state index contributed by atoms with van der Waals surface area (Å²) in [6.07, 6.45) is 0. The van der Waals surface area contributed by atoms with Gasteiger partial charge in [-0.25, -0.2) is 0 Å². The zero-order chi connectivity index (χ0) is 13.7. The molecule has 0 bridgehead atoms. The summed E-state index contributed by atoms with van der Waals surface area (Å²) in [6, 6.07) is 7.71. The Bertz CT molecular complexity index is 419. The molecule has 1 atom stereocenters. The lowest BCUT2D eigenvalue weighted by Gasteiger charge is -2.32. The van der Waals surface area contributed by atoms with Crippen LogP contribution in [0.2, 0.25) is 0 Å². The van der Waals surface area contributed by atoms with Gasteiger partial charge in [-0.3, -0.25) is 9.69 Å². The number of nitrogens with zero attached hydrogens (tertiary/aromatic N) is 1. The van der Waals surface area contributed by atoms with E-state index in [9.17, 15) is 4.79 Å². The Hall–Kier alpha value is -1.59. The second-order valence-electron chi connectivity index (χ2n) is 4.70. The molecule has 5 heteroatoms. The lowest BCUT2D eigenvalue weighted by Crippen LogP contribution is -2.54. The highest BCUT2D eigenvalue weighted by molar-refractivity contribution is 5.81. The Morgan fingerprint density at radius 2 is 2.16 bits per heavy atom. The number of ether oxygens (including phenoxy) is 1. The summed E-state index contributed by atoms with van der Waals surface area (Å²) >= 11 is 0. The van der Waals surface area contributed by atoms with Gasteiger partial charge in [0, 0.05) is 26.2 Å². The van der Waals surface area contributed by atoms with E-state index in [1.807, 2.05) is 31.2 Å². The maximum Gasteiger partial charge on any atom is 0.237 e. The van der Waals surface area contributed by atoms with E-state index in [2.05, 4.69) is 10.2 Å². The van der Waals surface area contributed by atoms with Crippen molar-refractivity contribution in [2.45, 2.75) is 19.5 Å². The number of amides is 1. The van der Waals surface area contributed by atoms with Crippen LogP contribution in [0.5, 0.6) is 5.75 Å². The van der Waals surface area contributed by atoms with E-state index in [1.165, 1.54) is 0 Å². The first kappa shape index (κ1) is 13.8. The van der Waals surface area contributed by atoms with Gasteiger partial charge in [0.25, 0.3) is 0 Å². The number of rotatable bonds is 5. The van der Waals surface area contributed by atoms with Crippen LogP contribution in [-0.4, -0.2) is 43.1 Å². The molecule has 1 aliphatic heterocycles. The number of hydrogen-bond acceptors (Lipinski definition) is 4. The Morgan fingerprint density at radius 3 is 2.84 bits per heavy atom. The second-order valence-corrected chi connectivity index (χ2v) is 4.70. The van der Waals surface area contributed by atoms with Crippen molar-refractivity contribution in [1.82, 2.24) is 10.2 Å². The van der Waals surface area contributed by atoms with Crippen LogP contribution in [0.15, 0.2) is 24.3 Å². The molecule has 1 amide bonds. The topological polar surface area (TPSA) is 67.6 Å². The first-order valence-electron chi connectivity index (χ1n) is 6.64. The molecule has 1 saturated heterocycles. The highest BCUT2D eigenvalue weighted by Crippen LogP contribution is 2.12. The molecule has 2 rings (SSSR count). The van der Waals surface area contributed by atoms with Crippen LogP contribution in [0.25, 0.3) is 0 Å². The molecule has 1 heterocycles. The van der Waals surface area contributed by atoms with Crippen LogP contribution in [0.4, 0.5) is 0 Å². The Kier molecular flexibility index (Phi) is 4.76. The van der Waals surface area contributed by atoms with Gasteiger partial charge in [-0.1, -0.05) is 12.1 Å². The van der Waals surface area contributed by atoms with E-state index in [1.54, 1.807) is 0 Å². The SMILES string of the molecule is CC1C(=O)NCCN1CCOc1ccc(CN)cc1. The van der Waals surface area contributed by atoms with Crippen molar-refractivity contribution >= 4 is 5.91 Å². The lowest BCUT2D eigenvalue weighted by molar-refractivity contribution is -0.128. The lowest BCUT2D eigenvalue weighted by atomic mass is 10.2. The van der Waals surface area contributed by atoms with Crippen LogP contribution in [0, 0.1) is 0 Å². The minimum Gasteiger partial charge on any atom is -0.492 e. The van der Waals surface area contributed by atoms with Gasteiger partial charge < -0.3 is 15.8 Å². The molecule has 1 aromatic rings. The van der Waals surface area contributed by atoms with E-state index in [-0.39, 0.29) is 11.9 Å². The number of nitrogens with two attached hydrogens (primary N) is 1. The third kappa shape index (κ3) is 3.68. The van der Waals surface area contributed by atoms with Crippen LogP contribution in [0.1, 0.15) is 12.5 Å². The minimum absolute atomic E-state index is 0.0723. The molecule has 5 nitrogen and oxygen atoms in total. The molecule has 104 valence electrons. The maximum atomic E-state index is 11.5. The molecule has 1 unspecified atom stereocenters. The molecule has 19 heavy (non-hydrogen) atoms. The van der Waals surface area contributed by atoms with Crippen LogP contribution in [0.3, 0.4) is 0 Å². The number of benzene rings is 1. The fourth-order valence-electron chi connectivity index (χ4n) is 2.14. The molecular formula is C14H21N3O2. The van der Waals surface area contributed by atoms with Crippen molar-refractivity contribution < 1.29 is 9.53 Å². The summed E-state index contributed by atoms with van der Waals surface area (Å²) in [5.74, 6) is 0.935. The monoisotopic (exact) mass is 263 g/mol. The van der Waals surface area contributed by atoms with Crippen molar-refractivity contribution in [3.63, 3.8) is 0 Å². The van der Waals surface area contributed by atoms with Gasteiger partial charge >= 0.3 is 0 Å². The summed E-state index contributed by atoms with van der Waals surface area (Å²) in [5, 5.41) is 2.85. The molecule has 1 aliphatic rings. The van der Waals surface area contributed by atoms with Crippen LogP contribution >= 0.6 is 0 Å². The van der Waals surface area contributed by atoms with Gasteiger partial charge in [-0.2, -0.15) is 0 Å². The van der Waals surface area contributed by atoms with Gasteiger partial charge in [0.1, 0.15) is 12.4 Å². The largest absolute Gasteiger partial charge is 0.492 e. The number of nitrogens with one attached hydrogen (secondary N) is 1. The van der Waals surface area contributed by atoms with Gasteiger partial charge in [-0.05, 0) is 24.6 Å². The van der Waals surface area contributed by atoms with Crippen LogP contribution in [-0.2, 0) is 11.3 Å². The Morgan fingerprint density at radius 1 is 1.42 bits per heavy atom. The average Bonchev–Trinajstić information content (AvgIpc) is 2.44. The van der Waals surface area contributed by atoms with E-state index >= 15 is 0 Å². The Labute approximate surface area is 113 Å². The fourth-order valence-corrected chi connectivity index (χ4v) is 2.14. The number of piperazine rings is 1. The summed E-state index contributed by atoms with van der Waals surface area (Å²) in [4.78, 5) is 13.6. The normalized spacial score (nSPS) is 20.1. The Balaban J connectivity index is 1.77. The molecule has 0 spiro atoms. The number of hydrogen-bond donors (Lipinski definition) is 2. The van der Waals surface area contributed by atoms with Gasteiger partial charge in [0.2, 0.25) is 5.91 Å². The van der Waals surface area contributed by atoms with Crippen molar-refractivity contribution in [2.75, 3.05) is 26.2 Å². The highest BCUT2D eigenvalue weighted by Gasteiger charge is 2.24. The molecule has 0 aliphatic carbocycles. The van der Waals surface area contributed by atoms with Crippen LogP contribution < -0.4 is 15.8 Å². The fraction of sp³-hybridized carbons (Fsp3) is 0.500. The van der Waals surface area contributed by atoms with E-state index in [0.29, 0.717) is 19.7 Å². The minimum atomic E-state index is -0.0723. The van der Waals surface area contributed by atoms with E-state index in [4.69, 9.17) is 10.5 Å². The zero-order valence-electron chi connectivity index (χ0n) is 11.3. The summed E-state index contributed by atoms with van der Waals surface area (Å²) in [5.41, 5.74) is 6.63. The smallest absolute Gasteiger partial charge is 0.237 e. The second kappa shape index (κ2) is 6.54. The molecule has 1 aromatic carbocycles. The van der Waals surface area contributed by atoms with Crippen molar-refractivity contribution in [3.8, 4) is 5.75 Å². The first-order chi connectivity index (χ1) is 9.20. The predicted octanol–water partition coefficient (Wildman–Crippen LogP) is 0.344. The maximum absolute atomic E-state index is 11.5. The van der Waals surface area contributed by atoms with Gasteiger partial charge in [0.05, 0.1) is 6.04 Å². The molecular weight excluding hydrogens is 242 g/mol. The third-order valence-electron chi connectivity index (χ3n) is 3.43. The summed E-state index contributed by atoms with van der Waals surface area (Å²) in [6.45, 7) is 5.40. The molecule has 0 saturated carbocycles. The number of carbonyl (C=O) groups excluding carboxylic acids is 1. The van der Waals surface area contributed by atoms with Gasteiger partial charge in [-0.15, -0.1) is 0 Å². The quantitative estimate of drug-likeness (QED) is 0.804. The van der Waals surface area contributed by atoms with Crippen molar-refractivity contribution in [2.24, 2.45) is 5.73 Å². The predicted molar refractivity (Wildman–Crippen MR) is 73.9 cm³/mol. The molecule has 1 fully saturated rings. The summed E-state index contributed by atoms with van der Waals surface area (Å²) < 4.78 is 5.68. The highest BCUT2D eigenvalue weighted by atomic mass is 16.5. The standard InChI is InChI=1S/C14H21N3O2/c1-11-14(18)16-6-7-17(11)8-9-19-13-4-2-12(10-15)3-5-13/h2-5,11H,6-10,15H2,1H3,(H,16,18). The average molecular weight is 263 g/mol. The first-order valence-corrected chi connectivity index (χ1v) is 6.64. The molecule has 0 radical (unpaired) electrons. The zero-order valence-corrected chi connectivity index (χ0v) is 11.3. The molecule has 3 N–H and O–H groups in total. The number of carbonyl (C=O) groups is 1. The third-order valence-corrected chi connectivity index (χ3v) is 3.43.